The zero-order valence-electron chi connectivity index (χ0n) is 18.5. The van der Waals surface area contributed by atoms with Crippen LogP contribution in [0.5, 0.6) is 0 Å². The minimum absolute atomic E-state index is 0. The fourth-order valence-electron chi connectivity index (χ4n) is 1.77. The number of esters is 1. The van der Waals surface area contributed by atoms with Gasteiger partial charge in [-0.2, -0.15) is 0 Å². The van der Waals surface area contributed by atoms with Gasteiger partial charge in [-0.1, -0.05) is 35.1 Å². The highest BCUT2D eigenvalue weighted by atomic mass is 79.9. The monoisotopic (exact) mass is 700 g/mol. The van der Waals surface area contributed by atoms with Crippen molar-refractivity contribution >= 4 is 75.5 Å². The molecule has 2 aromatic heterocycles. The molecule has 0 unspecified atom stereocenters. The van der Waals surface area contributed by atoms with Crippen LogP contribution >= 0.6 is 63.7 Å². The molecular formula is C23H32Br4N2O3. The van der Waals surface area contributed by atoms with Gasteiger partial charge in [0, 0.05) is 55.0 Å². The maximum Gasteiger partial charge on any atom is 0.308 e. The van der Waals surface area contributed by atoms with Crippen LogP contribution < -0.4 is 0 Å². The van der Waals surface area contributed by atoms with E-state index in [0.717, 1.165) is 23.5 Å². The second-order valence-electron chi connectivity index (χ2n) is 7.01. The van der Waals surface area contributed by atoms with E-state index in [4.69, 9.17) is 0 Å². The van der Waals surface area contributed by atoms with Crippen molar-refractivity contribution in [3.63, 3.8) is 0 Å². The summed E-state index contributed by atoms with van der Waals surface area (Å²) < 4.78 is 8.49. The molecule has 0 spiro atoms. The number of pyridine rings is 2. The van der Waals surface area contributed by atoms with E-state index in [9.17, 15) is 9.59 Å². The van der Waals surface area contributed by atoms with Crippen molar-refractivity contribution in [1.29, 1.82) is 0 Å². The van der Waals surface area contributed by atoms with E-state index in [0.29, 0.717) is 13.0 Å². The summed E-state index contributed by atoms with van der Waals surface area (Å²) in [5.74, 6) is 0.196. The number of Topliss-reactive ketones (excluding diaryl/α,β-unsaturated/α-hetero) is 1. The zero-order valence-corrected chi connectivity index (χ0v) is 24.9. The predicted octanol–water partition coefficient (Wildman–Crippen LogP) is 8.13. The second kappa shape index (κ2) is 17.8. The number of ketones is 1. The van der Waals surface area contributed by atoms with Crippen molar-refractivity contribution in [2.24, 2.45) is 11.8 Å². The molecule has 9 heteroatoms. The van der Waals surface area contributed by atoms with Gasteiger partial charge in [0.15, 0.2) is 0 Å². The molecule has 0 saturated heterocycles. The van der Waals surface area contributed by atoms with Gasteiger partial charge in [-0.3, -0.25) is 19.6 Å². The Morgan fingerprint density at radius 2 is 1.25 bits per heavy atom. The van der Waals surface area contributed by atoms with Gasteiger partial charge < -0.3 is 4.74 Å². The molecule has 2 heterocycles. The minimum Gasteiger partial charge on any atom is -0.466 e. The van der Waals surface area contributed by atoms with Crippen molar-refractivity contribution in [2.75, 3.05) is 6.61 Å². The summed E-state index contributed by atoms with van der Waals surface area (Å²) in [5.41, 5.74) is 2.16. The number of nitrogens with zero attached hydrogens (tertiary/aromatic N) is 2. The Balaban J connectivity index is 0. The van der Waals surface area contributed by atoms with Gasteiger partial charge in [-0.05, 0) is 88.7 Å². The van der Waals surface area contributed by atoms with Crippen LogP contribution in [0.15, 0.2) is 42.7 Å². The molecule has 0 aliphatic rings. The van der Waals surface area contributed by atoms with Gasteiger partial charge in [0.1, 0.15) is 5.78 Å². The third-order valence-electron chi connectivity index (χ3n) is 3.80. The Morgan fingerprint density at radius 3 is 1.53 bits per heavy atom. The highest BCUT2D eigenvalue weighted by Gasteiger charge is 2.13. The normalized spacial score (nSPS) is 9.75. The van der Waals surface area contributed by atoms with E-state index in [2.05, 4.69) is 78.4 Å². The lowest BCUT2D eigenvalue weighted by Crippen LogP contribution is -2.11. The lowest BCUT2D eigenvalue weighted by Gasteiger charge is -2.07. The zero-order chi connectivity index (χ0) is 24.1. The predicted molar refractivity (Wildman–Crippen MR) is 146 cm³/mol. The van der Waals surface area contributed by atoms with Crippen LogP contribution in [-0.4, -0.2) is 28.3 Å². The summed E-state index contributed by atoms with van der Waals surface area (Å²) in [6.45, 7) is 11.8. The van der Waals surface area contributed by atoms with E-state index in [-0.39, 0.29) is 31.0 Å². The molecule has 0 N–H and O–H groups in total. The van der Waals surface area contributed by atoms with Crippen LogP contribution in [-0.2, 0) is 20.7 Å². The third-order valence-corrected chi connectivity index (χ3v) is 6.76. The molecule has 0 radical (unpaired) electrons. The standard InChI is InChI=1S/C10H11Br2NO.C6H5Br2N.C6H12O2.CH4/c1-6(2)10(14)3-7-8(11)4-13-5-9(7)12;1-4-5(7)2-9-3-6(4)8;1-4-8-6(7)5(2)3;/h4-6H,3H2,1-2H3;2-3H,1H3;5H,4H2,1-3H3;1H4. The Kier molecular flexibility index (Phi) is 18.6. The molecule has 2 rings (SSSR count). The molecule has 0 amide bonds. The largest absolute Gasteiger partial charge is 0.466 e. The van der Waals surface area contributed by atoms with Gasteiger partial charge >= 0.3 is 5.97 Å². The van der Waals surface area contributed by atoms with Crippen molar-refractivity contribution in [3.05, 3.63) is 53.8 Å². The van der Waals surface area contributed by atoms with Crippen LogP contribution in [0.4, 0.5) is 0 Å². The first-order chi connectivity index (χ1) is 14.4. The lowest BCUT2D eigenvalue weighted by molar-refractivity contribution is -0.146. The summed E-state index contributed by atoms with van der Waals surface area (Å²) in [4.78, 5) is 30.0. The van der Waals surface area contributed by atoms with Crippen LogP contribution in [0.25, 0.3) is 0 Å². The SMILES string of the molecule is C.CC(C)C(=O)Cc1c(Br)cncc1Br.CCOC(=O)C(C)C.Cc1c(Br)cncc1Br. The Morgan fingerprint density at radius 1 is 0.844 bits per heavy atom. The Labute approximate surface area is 226 Å². The van der Waals surface area contributed by atoms with E-state index in [1.807, 2.05) is 34.6 Å². The maximum absolute atomic E-state index is 11.6. The summed E-state index contributed by atoms with van der Waals surface area (Å²) >= 11 is 13.5. The fourth-order valence-corrected chi connectivity index (χ4v) is 3.91. The molecule has 0 fully saturated rings. The molecule has 5 nitrogen and oxygen atoms in total. The van der Waals surface area contributed by atoms with Crippen molar-refractivity contribution in [3.8, 4) is 0 Å². The number of carbonyl (C=O) groups is 2. The molecule has 0 aliphatic heterocycles. The van der Waals surface area contributed by atoms with Crippen molar-refractivity contribution < 1.29 is 14.3 Å². The molecule has 2 aromatic rings. The molecule has 0 atom stereocenters. The van der Waals surface area contributed by atoms with E-state index < -0.39 is 0 Å². The molecule has 0 aliphatic carbocycles. The fraction of sp³-hybridized carbons (Fsp3) is 0.478. The summed E-state index contributed by atoms with van der Waals surface area (Å²) in [7, 11) is 0. The van der Waals surface area contributed by atoms with Gasteiger partial charge in [0.2, 0.25) is 0 Å². The molecule has 180 valence electrons. The highest BCUT2D eigenvalue weighted by Crippen LogP contribution is 2.25. The van der Waals surface area contributed by atoms with Crippen LogP contribution in [0, 0.1) is 18.8 Å². The average molecular weight is 704 g/mol. The van der Waals surface area contributed by atoms with E-state index >= 15 is 0 Å². The minimum atomic E-state index is -0.118. The van der Waals surface area contributed by atoms with Gasteiger partial charge in [0.25, 0.3) is 0 Å². The first-order valence-electron chi connectivity index (χ1n) is 9.65. The third kappa shape index (κ3) is 13.2. The second-order valence-corrected chi connectivity index (χ2v) is 10.4. The highest BCUT2D eigenvalue weighted by molar-refractivity contribution is 9.11. The van der Waals surface area contributed by atoms with Crippen molar-refractivity contribution in [2.45, 2.75) is 55.4 Å². The molecule has 0 saturated carbocycles. The smallest absolute Gasteiger partial charge is 0.308 e. The lowest BCUT2D eigenvalue weighted by atomic mass is 10.0. The van der Waals surface area contributed by atoms with Crippen molar-refractivity contribution in [1.82, 2.24) is 9.97 Å². The number of hydrogen-bond acceptors (Lipinski definition) is 5. The number of halogens is 4. The molecule has 32 heavy (non-hydrogen) atoms. The first-order valence-corrected chi connectivity index (χ1v) is 12.8. The maximum atomic E-state index is 11.6. The number of rotatable bonds is 5. The number of carbonyl (C=O) groups excluding carboxylic acids is 2. The summed E-state index contributed by atoms with van der Waals surface area (Å²) in [6, 6.07) is 0. The number of aromatic nitrogens is 2. The van der Waals surface area contributed by atoms with Gasteiger partial charge in [-0.15, -0.1) is 0 Å². The Bertz CT molecular complexity index is 819. The van der Waals surface area contributed by atoms with Crippen LogP contribution in [0.1, 0.15) is 53.2 Å². The summed E-state index contributed by atoms with van der Waals surface area (Å²) in [6.07, 6.45) is 7.41. The molecule has 0 bridgehead atoms. The molecular weight excluding hydrogens is 672 g/mol. The average Bonchev–Trinajstić information content (AvgIpc) is 2.70. The van der Waals surface area contributed by atoms with Gasteiger partial charge in [-0.25, -0.2) is 0 Å². The first kappa shape index (κ1) is 33.5. The van der Waals surface area contributed by atoms with E-state index in [1.54, 1.807) is 31.7 Å². The van der Waals surface area contributed by atoms with Gasteiger partial charge in [0.05, 0.1) is 12.5 Å². The topological polar surface area (TPSA) is 69.2 Å². The number of ether oxygens (including phenoxy) is 1. The van der Waals surface area contributed by atoms with E-state index in [1.165, 1.54) is 5.56 Å². The summed E-state index contributed by atoms with van der Waals surface area (Å²) in [5, 5.41) is 0. The molecule has 0 aromatic carbocycles. The Hall–Kier alpha value is -0.640. The quantitative estimate of drug-likeness (QED) is 0.294. The van der Waals surface area contributed by atoms with Crippen LogP contribution in [0.2, 0.25) is 0 Å². The number of hydrogen-bond donors (Lipinski definition) is 0. The van der Waals surface area contributed by atoms with Crippen LogP contribution in [0.3, 0.4) is 0 Å².